The van der Waals surface area contributed by atoms with E-state index in [1.807, 2.05) is 0 Å². The minimum atomic E-state index is 0.172. The van der Waals surface area contributed by atoms with E-state index in [-0.39, 0.29) is 10.8 Å². The van der Waals surface area contributed by atoms with Gasteiger partial charge in [-0.3, -0.25) is 11.3 Å². The zero-order chi connectivity index (χ0) is 12.5. The molecule has 0 radical (unpaired) electrons. The Morgan fingerprint density at radius 1 is 1.18 bits per heavy atom. The van der Waals surface area contributed by atoms with Crippen LogP contribution in [0.25, 0.3) is 0 Å². The van der Waals surface area contributed by atoms with Gasteiger partial charge in [-0.2, -0.15) is 0 Å². The normalized spacial score (nSPS) is 20.7. The van der Waals surface area contributed by atoms with E-state index in [0.29, 0.717) is 6.04 Å². The lowest BCUT2D eigenvalue weighted by Crippen LogP contribution is -2.60. The SMILES string of the molecule is CC(C)(C)C(NN)C1(c2ccccc2)CCC1. The molecular formula is C15H24N2. The largest absolute Gasteiger partial charge is 0.271 e. The van der Waals surface area contributed by atoms with Crippen molar-refractivity contribution in [2.45, 2.75) is 51.5 Å². The maximum atomic E-state index is 5.84. The highest BCUT2D eigenvalue weighted by Gasteiger charge is 2.49. The van der Waals surface area contributed by atoms with Crippen LogP contribution in [-0.2, 0) is 5.41 Å². The number of nitrogens with one attached hydrogen (secondary N) is 1. The molecule has 0 spiro atoms. The Hall–Kier alpha value is -0.860. The minimum Gasteiger partial charge on any atom is -0.271 e. The van der Waals surface area contributed by atoms with E-state index in [1.165, 1.54) is 24.8 Å². The van der Waals surface area contributed by atoms with Gasteiger partial charge in [0.25, 0.3) is 0 Å². The Morgan fingerprint density at radius 2 is 1.76 bits per heavy atom. The maximum Gasteiger partial charge on any atom is 0.0355 e. The van der Waals surface area contributed by atoms with Crippen LogP contribution in [0.2, 0.25) is 0 Å². The molecule has 1 unspecified atom stereocenters. The fourth-order valence-electron chi connectivity index (χ4n) is 3.31. The number of hydrogen-bond donors (Lipinski definition) is 2. The molecule has 1 aromatic rings. The molecule has 2 heteroatoms. The Kier molecular flexibility index (Phi) is 3.28. The van der Waals surface area contributed by atoms with Gasteiger partial charge in [0, 0.05) is 11.5 Å². The molecule has 0 bridgehead atoms. The molecule has 1 aromatic carbocycles. The highest BCUT2D eigenvalue weighted by Crippen LogP contribution is 2.50. The fraction of sp³-hybridized carbons (Fsp3) is 0.600. The average molecular weight is 232 g/mol. The highest BCUT2D eigenvalue weighted by molar-refractivity contribution is 5.31. The van der Waals surface area contributed by atoms with E-state index >= 15 is 0 Å². The molecule has 1 atom stereocenters. The van der Waals surface area contributed by atoms with Gasteiger partial charge in [0.05, 0.1) is 0 Å². The maximum absolute atomic E-state index is 5.84. The van der Waals surface area contributed by atoms with Crippen LogP contribution in [0, 0.1) is 5.41 Å². The lowest BCUT2D eigenvalue weighted by Gasteiger charge is -2.52. The fourth-order valence-corrected chi connectivity index (χ4v) is 3.31. The number of rotatable bonds is 3. The quantitative estimate of drug-likeness (QED) is 0.621. The molecule has 0 heterocycles. The van der Waals surface area contributed by atoms with Gasteiger partial charge in [-0.25, -0.2) is 0 Å². The van der Waals surface area contributed by atoms with Crippen molar-refractivity contribution < 1.29 is 0 Å². The van der Waals surface area contributed by atoms with Crippen molar-refractivity contribution in [3.05, 3.63) is 35.9 Å². The third kappa shape index (κ3) is 2.12. The molecule has 1 aliphatic rings. The zero-order valence-corrected chi connectivity index (χ0v) is 11.2. The third-order valence-electron chi connectivity index (χ3n) is 4.18. The summed E-state index contributed by atoms with van der Waals surface area (Å²) in [4.78, 5) is 0. The Bertz CT molecular complexity index is 360. The van der Waals surface area contributed by atoms with Gasteiger partial charge >= 0.3 is 0 Å². The summed E-state index contributed by atoms with van der Waals surface area (Å²) in [5.74, 6) is 5.84. The molecule has 2 nitrogen and oxygen atoms in total. The summed E-state index contributed by atoms with van der Waals surface area (Å²) >= 11 is 0. The van der Waals surface area contributed by atoms with Crippen molar-refractivity contribution in [2.75, 3.05) is 0 Å². The van der Waals surface area contributed by atoms with E-state index in [1.54, 1.807) is 0 Å². The van der Waals surface area contributed by atoms with E-state index in [9.17, 15) is 0 Å². The minimum absolute atomic E-state index is 0.172. The Morgan fingerprint density at radius 3 is 2.12 bits per heavy atom. The molecule has 1 aliphatic carbocycles. The van der Waals surface area contributed by atoms with Gasteiger partial charge in [0.1, 0.15) is 0 Å². The van der Waals surface area contributed by atoms with Crippen molar-refractivity contribution in [2.24, 2.45) is 11.3 Å². The van der Waals surface area contributed by atoms with E-state index in [4.69, 9.17) is 5.84 Å². The molecule has 0 amide bonds. The Balaban J connectivity index is 2.38. The first-order chi connectivity index (χ1) is 8.00. The summed E-state index contributed by atoms with van der Waals surface area (Å²) in [6.45, 7) is 6.79. The van der Waals surface area contributed by atoms with Crippen molar-refractivity contribution >= 4 is 0 Å². The predicted octanol–water partition coefficient (Wildman–Crippen LogP) is 2.99. The molecule has 1 saturated carbocycles. The van der Waals surface area contributed by atoms with Crippen molar-refractivity contribution in [3.8, 4) is 0 Å². The van der Waals surface area contributed by atoms with Crippen LogP contribution < -0.4 is 11.3 Å². The molecule has 1 fully saturated rings. The molecule has 0 saturated heterocycles. The van der Waals surface area contributed by atoms with Crippen LogP contribution >= 0.6 is 0 Å². The summed E-state index contributed by atoms with van der Waals surface area (Å²) in [5.41, 5.74) is 4.92. The first-order valence-corrected chi connectivity index (χ1v) is 6.52. The molecule has 17 heavy (non-hydrogen) atoms. The van der Waals surface area contributed by atoms with Crippen molar-refractivity contribution in [1.29, 1.82) is 0 Å². The summed E-state index contributed by atoms with van der Waals surface area (Å²) in [6, 6.07) is 11.2. The van der Waals surface area contributed by atoms with Crippen LogP contribution in [0.3, 0.4) is 0 Å². The van der Waals surface area contributed by atoms with E-state index in [2.05, 4.69) is 56.5 Å². The van der Waals surface area contributed by atoms with Gasteiger partial charge < -0.3 is 0 Å². The predicted molar refractivity (Wildman–Crippen MR) is 72.5 cm³/mol. The highest BCUT2D eigenvalue weighted by atomic mass is 15.2. The smallest absolute Gasteiger partial charge is 0.0355 e. The van der Waals surface area contributed by atoms with Gasteiger partial charge in [-0.15, -0.1) is 0 Å². The van der Waals surface area contributed by atoms with Gasteiger partial charge in [-0.1, -0.05) is 57.5 Å². The van der Waals surface area contributed by atoms with Crippen molar-refractivity contribution in [3.63, 3.8) is 0 Å². The molecule has 0 aliphatic heterocycles. The first kappa shape index (κ1) is 12.6. The van der Waals surface area contributed by atoms with Crippen LogP contribution in [-0.4, -0.2) is 6.04 Å². The standard InChI is InChI=1S/C15H24N2/c1-14(2,3)13(17-16)15(10-7-11-15)12-8-5-4-6-9-12/h4-6,8-9,13,17H,7,10-11,16H2,1-3H3. The summed E-state index contributed by atoms with van der Waals surface area (Å²) < 4.78 is 0. The second kappa shape index (κ2) is 4.43. The topological polar surface area (TPSA) is 38.0 Å². The van der Waals surface area contributed by atoms with Crippen LogP contribution in [0.15, 0.2) is 30.3 Å². The van der Waals surface area contributed by atoms with E-state index in [0.717, 1.165) is 0 Å². The van der Waals surface area contributed by atoms with Gasteiger partial charge in [-0.05, 0) is 23.8 Å². The monoisotopic (exact) mass is 232 g/mol. The summed E-state index contributed by atoms with van der Waals surface area (Å²) in [5, 5.41) is 0. The molecule has 0 aromatic heterocycles. The lowest BCUT2D eigenvalue weighted by atomic mass is 9.55. The second-order valence-corrected chi connectivity index (χ2v) is 6.34. The summed E-state index contributed by atoms with van der Waals surface area (Å²) in [6.07, 6.45) is 3.79. The van der Waals surface area contributed by atoms with Crippen LogP contribution in [0.5, 0.6) is 0 Å². The molecule has 3 N–H and O–H groups in total. The van der Waals surface area contributed by atoms with E-state index < -0.39 is 0 Å². The van der Waals surface area contributed by atoms with Gasteiger partial charge in [0.15, 0.2) is 0 Å². The molecule has 94 valence electrons. The number of nitrogens with two attached hydrogens (primary N) is 1. The number of hydrazine groups is 1. The first-order valence-electron chi connectivity index (χ1n) is 6.52. The lowest BCUT2D eigenvalue weighted by molar-refractivity contribution is 0.0896. The number of benzene rings is 1. The summed E-state index contributed by atoms with van der Waals surface area (Å²) in [7, 11) is 0. The van der Waals surface area contributed by atoms with Crippen LogP contribution in [0.1, 0.15) is 45.6 Å². The third-order valence-corrected chi connectivity index (χ3v) is 4.18. The Labute approximate surface area is 105 Å². The van der Waals surface area contributed by atoms with Gasteiger partial charge in [0.2, 0.25) is 0 Å². The average Bonchev–Trinajstić information content (AvgIpc) is 2.22. The molecule has 2 rings (SSSR count). The second-order valence-electron chi connectivity index (χ2n) is 6.34. The molecular weight excluding hydrogens is 208 g/mol. The van der Waals surface area contributed by atoms with Crippen molar-refractivity contribution in [1.82, 2.24) is 5.43 Å². The zero-order valence-electron chi connectivity index (χ0n) is 11.2. The number of hydrogen-bond acceptors (Lipinski definition) is 2. The van der Waals surface area contributed by atoms with Crippen LogP contribution in [0.4, 0.5) is 0 Å².